The minimum Gasteiger partial charge on any atom is -0.493 e. The topological polar surface area (TPSA) is 82.2 Å². The molecule has 0 unspecified atom stereocenters. The number of aryl methyl sites for hydroxylation is 1. The number of ether oxygens (including phenoxy) is 1. The third-order valence-electron chi connectivity index (χ3n) is 5.35. The Balaban J connectivity index is 1.48. The first kappa shape index (κ1) is 17.7. The minimum atomic E-state index is 0.293. The van der Waals surface area contributed by atoms with Crippen LogP contribution in [-0.4, -0.2) is 36.0 Å². The molecule has 0 bridgehead atoms. The highest BCUT2D eigenvalue weighted by Gasteiger charge is 2.18. The third-order valence-corrected chi connectivity index (χ3v) is 5.35. The first-order valence-electron chi connectivity index (χ1n) is 9.84. The Morgan fingerprint density at radius 3 is 2.97 bits per heavy atom. The Labute approximate surface area is 168 Å². The fraction of sp³-hybridized carbons (Fsp3) is 0.333. The highest BCUT2D eigenvalue weighted by Crippen LogP contribution is 2.30. The Hall–Kier alpha value is -3.42. The molecule has 1 aliphatic heterocycles. The van der Waals surface area contributed by atoms with Crippen molar-refractivity contribution in [3.63, 3.8) is 0 Å². The van der Waals surface area contributed by atoms with Gasteiger partial charge in [-0.25, -0.2) is 4.98 Å². The van der Waals surface area contributed by atoms with Crippen LogP contribution in [0.1, 0.15) is 36.7 Å². The molecule has 0 aliphatic carbocycles. The normalized spacial score (nSPS) is 13.1. The molecule has 148 valence electrons. The number of benzene rings is 1. The lowest BCUT2D eigenvalue weighted by atomic mass is 10.1. The van der Waals surface area contributed by atoms with Crippen LogP contribution in [0.25, 0.3) is 16.8 Å². The molecule has 8 nitrogen and oxygen atoms in total. The van der Waals surface area contributed by atoms with Gasteiger partial charge in [0.1, 0.15) is 12.1 Å². The summed E-state index contributed by atoms with van der Waals surface area (Å²) in [4.78, 5) is 4.66. The van der Waals surface area contributed by atoms with Gasteiger partial charge in [0.25, 0.3) is 0 Å². The number of nitrogens with zero attached hydrogens (tertiary/aromatic N) is 6. The lowest BCUT2D eigenvalue weighted by Gasteiger charge is -2.11. The number of anilines is 1. The molecule has 0 saturated carbocycles. The van der Waals surface area contributed by atoms with E-state index in [1.54, 1.807) is 6.33 Å². The van der Waals surface area contributed by atoms with Crippen LogP contribution in [0.4, 0.5) is 5.95 Å². The van der Waals surface area contributed by atoms with E-state index < -0.39 is 0 Å². The number of nitrogens with one attached hydrogen (secondary N) is 1. The van der Waals surface area contributed by atoms with Crippen molar-refractivity contribution < 1.29 is 4.74 Å². The molecule has 1 aromatic carbocycles. The van der Waals surface area contributed by atoms with Crippen LogP contribution in [0, 0.1) is 6.92 Å². The van der Waals surface area contributed by atoms with Gasteiger partial charge in [-0.1, -0.05) is 12.1 Å². The first-order chi connectivity index (χ1) is 14.1. The summed E-state index contributed by atoms with van der Waals surface area (Å²) >= 11 is 0. The van der Waals surface area contributed by atoms with Crippen LogP contribution in [0.2, 0.25) is 0 Å². The second-order valence-corrected chi connectivity index (χ2v) is 7.57. The zero-order chi connectivity index (χ0) is 20.0. The summed E-state index contributed by atoms with van der Waals surface area (Å²) in [7, 11) is 0. The number of fused-ring (bicyclic) bond motifs is 2. The molecule has 1 aliphatic rings. The van der Waals surface area contributed by atoms with Gasteiger partial charge < -0.3 is 10.1 Å². The molecule has 29 heavy (non-hydrogen) atoms. The standard InChI is InChI=1S/C21H23N7O/c1-13(2)28-11-18(14(3)26-28)17-10-23-21(27-12-24-25-20(17)27)22-9-15-5-4-6-19-16(15)7-8-29-19/h4-6,10-13H,7-9H2,1-3H3,(H,22,23). The maximum Gasteiger partial charge on any atom is 0.210 e. The molecule has 0 spiro atoms. The van der Waals surface area contributed by atoms with Gasteiger partial charge >= 0.3 is 0 Å². The van der Waals surface area contributed by atoms with Crippen molar-refractivity contribution in [3.8, 4) is 16.9 Å². The second-order valence-electron chi connectivity index (χ2n) is 7.57. The Bertz CT molecular complexity index is 1190. The highest BCUT2D eigenvalue weighted by atomic mass is 16.5. The summed E-state index contributed by atoms with van der Waals surface area (Å²) in [5, 5.41) is 16.5. The second kappa shape index (κ2) is 6.88. The van der Waals surface area contributed by atoms with E-state index in [9.17, 15) is 0 Å². The summed E-state index contributed by atoms with van der Waals surface area (Å²) in [5.74, 6) is 1.69. The smallest absolute Gasteiger partial charge is 0.210 e. The van der Waals surface area contributed by atoms with Gasteiger partial charge in [-0.15, -0.1) is 10.2 Å². The van der Waals surface area contributed by atoms with E-state index in [1.165, 1.54) is 11.1 Å². The molecule has 0 saturated heterocycles. The summed E-state index contributed by atoms with van der Waals surface area (Å²) < 4.78 is 9.52. The maximum atomic E-state index is 5.67. The molecule has 0 atom stereocenters. The Morgan fingerprint density at radius 1 is 1.24 bits per heavy atom. The number of rotatable bonds is 5. The summed E-state index contributed by atoms with van der Waals surface area (Å²) in [5.41, 5.74) is 6.15. The van der Waals surface area contributed by atoms with Crippen molar-refractivity contribution in [1.29, 1.82) is 0 Å². The van der Waals surface area contributed by atoms with Crippen molar-refractivity contribution in [3.05, 3.63) is 53.7 Å². The molecule has 4 aromatic rings. The van der Waals surface area contributed by atoms with E-state index in [1.807, 2.05) is 40.5 Å². The molecule has 3 aromatic heterocycles. The Morgan fingerprint density at radius 2 is 2.14 bits per heavy atom. The van der Waals surface area contributed by atoms with Crippen molar-refractivity contribution in [2.24, 2.45) is 0 Å². The van der Waals surface area contributed by atoms with Crippen LogP contribution in [0.15, 0.2) is 36.9 Å². The molecule has 1 N–H and O–H groups in total. The van der Waals surface area contributed by atoms with Gasteiger partial charge in [0, 0.05) is 48.1 Å². The van der Waals surface area contributed by atoms with E-state index in [2.05, 4.69) is 45.5 Å². The maximum absolute atomic E-state index is 5.67. The molecule has 0 radical (unpaired) electrons. The predicted octanol–water partition coefficient (Wildman–Crippen LogP) is 3.42. The molecule has 4 heterocycles. The summed E-state index contributed by atoms with van der Waals surface area (Å²) in [6.07, 6.45) is 6.53. The molecular formula is C21H23N7O. The van der Waals surface area contributed by atoms with Crippen LogP contribution in [0.5, 0.6) is 5.75 Å². The molecule has 0 fully saturated rings. The van der Waals surface area contributed by atoms with Gasteiger partial charge in [-0.3, -0.25) is 9.08 Å². The van der Waals surface area contributed by atoms with Crippen LogP contribution < -0.4 is 10.1 Å². The van der Waals surface area contributed by atoms with Crippen LogP contribution >= 0.6 is 0 Å². The van der Waals surface area contributed by atoms with Crippen molar-refractivity contribution in [2.45, 2.75) is 39.8 Å². The van der Waals surface area contributed by atoms with Gasteiger partial charge in [0.2, 0.25) is 5.95 Å². The third kappa shape index (κ3) is 3.00. The van der Waals surface area contributed by atoms with Crippen LogP contribution in [0.3, 0.4) is 0 Å². The van der Waals surface area contributed by atoms with Gasteiger partial charge in [-0.2, -0.15) is 5.10 Å². The zero-order valence-electron chi connectivity index (χ0n) is 16.8. The summed E-state index contributed by atoms with van der Waals surface area (Å²) in [6, 6.07) is 6.47. The average Bonchev–Trinajstić information content (AvgIpc) is 3.45. The fourth-order valence-electron chi connectivity index (χ4n) is 3.78. The molecule has 5 rings (SSSR count). The fourth-order valence-corrected chi connectivity index (χ4v) is 3.78. The van der Waals surface area contributed by atoms with Crippen LogP contribution in [-0.2, 0) is 13.0 Å². The lowest BCUT2D eigenvalue weighted by molar-refractivity contribution is 0.357. The van der Waals surface area contributed by atoms with E-state index in [0.29, 0.717) is 18.5 Å². The lowest BCUT2D eigenvalue weighted by Crippen LogP contribution is -2.08. The van der Waals surface area contributed by atoms with Crippen molar-refractivity contribution >= 4 is 11.6 Å². The number of hydrogen-bond acceptors (Lipinski definition) is 6. The highest BCUT2D eigenvalue weighted by molar-refractivity contribution is 5.78. The quantitative estimate of drug-likeness (QED) is 0.563. The largest absolute Gasteiger partial charge is 0.493 e. The number of aromatic nitrogens is 6. The van der Waals surface area contributed by atoms with E-state index in [0.717, 1.165) is 41.2 Å². The van der Waals surface area contributed by atoms with Gasteiger partial charge in [0.15, 0.2) is 5.65 Å². The SMILES string of the molecule is Cc1nn(C(C)C)cc1-c1cnc(NCc2cccc3c2CCO3)n2cnnc12. The predicted molar refractivity (Wildman–Crippen MR) is 110 cm³/mol. The van der Waals surface area contributed by atoms with E-state index >= 15 is 0 Å². The van der Waals surface area contributed by atoms with E-state index in [4.69, 9.17) is 4.74 Å². The minimum absolute atomic E-state index is 0.293. The van der Waals surface area contributed by atoms with E-state index in [-0.39, 0.29) is 0 Å². The number of hydrogen-bond donors (Lipinski definition) is 1. The zero-order valence-corrected chi connectivity index (χ0v) is 16.8. The van der Waals surface area contributed by atoms with Crippen molar-refractivity contribution in [2.75, 3.05) is 11.9 Å². The molecular weight excluding hydrogens is 366 g/mol. The summed E-state index contributed by atoms with van der Waals surface area (Å²) in [6.45, 7) is 7.64. The van der Waals surface area contributed by atoms with Gasteiger partial charge in [-0.05, 0) is 32.4 Å². The molecule has 8 heteroatoms. The Kier molecular flexibility index (Phi) is 4.19. The first-order valence-corrected chi connectivity index (χ1v) is 9.84. The van der Waals surface area contributed by atoms with Crippen molar-refractivity contribution in [1.82, 2.24) is 29.4 Å². The van der Waals surface area contributed by atoms with Gasteiger partial charge in [0.05, 0.1) is 12.3 Å². The monoisotopic (exact) mass is 389 g/mol. The average molecular weight is 389 g/mol. The molecule has 0 amide bonds.